The van der Waals surface area contributed by atoms with Crippen LogP contribution in [0.3, 0.4) is 0 Å². The summed E-state index contributed by atoms with van der Waals surface area (Å²) in [6, 6.07) is 0. The smallest absolute Gasteiger partial charge is 0.261 e. The summed E-state index contributed by atoms with van der Waals surface area (Å²) >= 11 is 0. The first-order chi connectivity index (χ1) is 16.1. The van der Waals surface area contributed by atoms with Crippen molar-refractivity contribution in [3.05, 3.63) is 0 Å². The Balaban J connectivity index is 1.43. The molecule has 0 heterocycles. The van der Waals surface area contributed by atoms with Gasteiger partial charge in [-0.3, -0.25) is 5.43 Å². The Bertz CT molecular complexity index is 567. The molecule has 0 aliphatic heterocycles. The minimum Gasteiger partial charge on any atom is -0.343 e. The number of nitrogens with zero attached hydrogens (tertiary/aromatic N) is 1. The monoisotopic (exact) mass is 519 g/mol. The van der Waals surface area contributed by atoms with Gasteiger partial charge in [0, 0.05) is 13.6 Å². The topological polar surface area (TPSA) is 103 Å². The van der Waals surface area contributed by atoms with Crippen LogP contribution >= 0.6 is 26.9 Å². The van der Waals surface area contributed by atoms with Gasteiger partial charge in [0.2, 0.25) is 0 Å². The molecule has 3 aliphatic rings. The van der Waals surface area contributed by atoms with Crippen molar-refractivity contribution in [3.63, 3.8) is 0 Å². The molecule has 0 aromatic rings. The van der Waals surface area contributed by atoms with Crippen LogP contribution in [0.25, 0.3) is 0 Å². The van der Waals surface area contributed by atoms with Crippen molar-refractivity contribution >= 4 is 39.3 Å². The maximum Gasteiger partial charge on any atom is 0.261 e. The highest BCUT2D eigenvalue weighted by Crippen LogP contribution is 2.46. The molecule has 4 N–H and O–H groups in total. The fourth-order valence-electron chi connectivity index (χ4n) is 4.94. The van der Waals surface area contributed by atoms with Gasteiger partial charge in [0.1, 0.15) is 0 Å². The summed E-state index contributed by atoms with van der Waals surface area (Å²) < 4.78 is 21.0. The van der Waals surface area contributed by atoms with Gasteiger partial charge in [-0.1, -0.05) is 0 Å². The zero-order valence-corrected chi connectivity index (χ0v) is 23.1. The van der Waals surface area contributed by atoms with Gasteiger partial charge in [0.05, 0.1) is 27.3 Å². The molecule has 0 aromatic carbocycles. The quantitative estimate of drug-likeness (QED) is 0.144. The van der Waals surface area contributed by atoms with Crippen LogP contribution in [0.4, 0.5) is 0 Å². The van der Waals surface area contributed by atoms with E-state index in [0.717, 1.165) is 70.8 Å². The number of hydrazine groups is 1. The van der Waals surface area contributed by atoms with Crippen molar-refractivity contribution in [1.29, 1.82) is 10.8 Å². The number of hydrogen-bond acceptors (Lipinski definition) is 8. The van der Waals surface area contributed by atoms with E-state index in [1.165, 1.54) is 12.8 Å². The van der Waals surface area contributed by atoms with Crippen LogP contribution in [0.1, 0.15) is 77.0 Å². The minimum absolute atomic E-state index is 0.183. The van der Waals surface area contributed by atoms with E-state index in [0.29, 0.717) is 17.8 Å². The highest BCUT2D eigenvalue weighted by atomic mass is 31.2. The molecule has 0 bridgehead atoms. The first-order valence-electron chi connectivity index (χ1n) is 12.6. The van der Waals surface area contributed by atoms with E-state index in [1.807, 2.05) is 11.8 Å². The molecule has 33 heavy (non-hydrogen) atoms. The standard InChI is InChI=1S/C22H44N5O3P3/c1-27(31)25-16-19-6-12-22(13-7-19)30-33(29-21-10-4-18(15-24)5-11-21)26-32-28-20-8-2-17(14-23)3-9-20/h14-15,17-26,32H,2-13,16,31H2,1H3. The Morgan fingerprint density at radius 3 is 1.82 bits per heavy atom. The van der Waals surface area contributed by atoms with E-state index in [4.69, 9.17) is 24.4 Å². The van der Waals surface area contributed by atoms with Gasteiger partial charge >= 0.3 is 0 Å². The molecule has 190 valence electrons. The summed E-state index contributed by atoms with van der Waals surface area (Å²) in [5, 5.41) is 15.0. The van der Waals surface area contributed by atoms with Crippen LogP contribution in [-0.2, 0) is 13.6 Å². The normalized spacial score (nSPS) is 34.5. The van der Waals surface area contributed by atoms with Gasteiger partial charge in [0.25, 0.3) is 8.53 Å². The van der Waals surface area contributed by atoms with Crippen molar-refractivity contribution in [2.45, 2.75) is 95.4 Å². The van der Waals surface area contributed by atoms with Crippen molar-refractivity contribution in [2.24, 2.45) is 17.8 Å². The number of nitrogens with one attached hydrogen (secondary N) is 4. The molecule has 3 aliphatic carbocycles. The van der Waals surface area contributed by atoms with Crippen LogP contribution < -0.4 is 10.3 Å². The summed E-state index contributed by atoms with van der Waals surface area (Å²) in [7, 11) is 3.66. The molecule has 0 aromatic heterocycles. The Hall–Kier alpha value is 0.390. The van der Waals surface area contributed by atoms with Gasteiger partial charge < -0.3 is 24.4 Å². The fraction of sp³-hybridized carbons (Fsp3) is 0.909. The molecule has 3 atom stereocenters. The second-order valence-electron chi connectivity index (χ2n) is 9.82. The van der Waals surface area contributed by atoms with E-state index in [1.54, 1.807) is 12.4 Å². The molecular formula is C22H44N5O3P3. The molecule has 3 unspecified atom stereocenters. The van der Waals surface area contributed by atoms with Gasteiger partial charge in [-0.05, 0) is 117 Å². The maximum atomic E-state index is 7.52. The highest BCUT2D eigenvalue weighted by molar-refractivity contribution is 7.55. The van der Waals surface area contributed by atoms with Crippen molar-refractivity contribution in [1.82, 2.24) is 15.1 Å². The van der Waals surface area contributed by atoms with E-state index < -0.39 is 8.53 Å². The second kappa shape index (κ2) is 15.5. The Labute approximate surface area is 205 Å². The average molecular weight is 520 g/mol. The number of rotatable bonds is 13. The predicted molar refractivity (Wildman–Crippen MR) is 142 cm³/mol. The van der Waals surface area contributed by atoms with E-state index in [9.17, 15) is 0 Å². The van der Waals surface area contributed by atoms with E-state index in [-0.39, 0.29) is 27.3 Å². The van der Waals surface area contributed by atoms with Gasteiger partial charge in [0.15, 0.2) is 0 Å². The number of hydrogen-bond donors (Lipinski definition) is 4. The molecule has 0 amide bonds. The van der Waals surface area contributed by atoms with Gasteiger partial charge in [-0.2, -0.15) is 0 Å². The lowest BCUT2D eigenvalue weighted by Crippen LogP contribution is -2.33. The maximum absolute atomic E-state index is 7.52. The lowest BCUT2D eigenvalue weighted by molar-refractivity contribution is 0.0866. The van der Waals surface area contributed by atoms with Crippen LogP contribution in [0.5, 0.6) is 0 Å². The van der Waals surface area contributed by atoms with Gasteiger partial charge in [-0.15, -0.1) is 0 Å². The predicted octanol–water partition coefficient (Wildman–Crippen LogP) is 5.56. The van der Waals surface area contributed by atoms with Crippen molar-refractivity contribution in [3.8, 4) is 0 Å². The van der Waals surface area contributed by atoms with Crippen LogP contribution in [0.15, 0.2) is 0 Å². The summed E-state index contributed by atoms with van der Waals surface area (Å²) in [5.41, 5.74) is 3.38. The summed E-state index contributed by atoms with van der Waals surface area (Å²) in [6.45, 7) is 1.02. The Kier molecular flexibility index (Phi) is 13.1. The summed E-state index contributed by atoms with van der Waals surface area (Å²) in [5.74, 6) is 1.55. The van der Waals surface area contributed by atoms with Crippen LogP contribution in [0.2, 0.25) is 0 Å². The molecule has 0 radical (unpaired) electrons. The highest BCUT2D eigenvalue weighted by Gasteiger charge is 2.29. The third-order valence-corrected chi connectivity index (χ3v) is 9.89. The first-order valence-corrected chi connectivity index (χ1v) is 15.2. The molecule has 3 rings (SSSR count). The molecule has 0 spiro atoms. The Morgan fingerprint density at radius 2 is 1.33 bits per heavy atom. The zero-order valence-electron chi connectivity index (χ0n) is 20.0. The average Bonchev–Trinajstić information content (AvgIpc) is 2.84. The molecule has 11 heteroatoms. The minimum atomic E-state index is -1.18. The SMILES string of the molecule is CN(P)NCC1CCC(OP(NPOC2CCC(C=N)CC2)OC2CCC(C=N)CC2)CC1. The molecule has 3 saturated carbocycles. The van der Waals surface area contributed by atoms with E-state index >= 15 is 0 Å². The van der Waals surface area contributed by atoms with E-state index in [2.05, 4.69) is 19.7 Å². The largest absolute Gasteiger partial charge is 0.343 e. The van der Waals surface area contributed by atoms with Crippen LogP contribution in [-0.4, -0.2) is 49.1 Å². The summed E-state index contributed by atoms with van der Waals surface area (Å²) in [6.07, 6.45) is 16.7. The van der Waals surface area contributed by atoms with Crippen molar-refractivity contribution in [2.75, 3.05) is 13.6 Å². The lowest BCUT2D eigenvalue weighted by atomic mass is 9.88. The molecular weight excluding hydrogens is 475 g/mol. The van der Waals surface area contributed by atoms with Crippen molar-refractivity contribution < 1.29 is 13.6 Å². The fourth-order valence-corrected chi connectivity index (χ4v) is 7.39. The van der Waals surface area contributed by atoms with Crippen LogP contribution in [0, 0.1) is 28.6 Å². The lowest BCUT2D eigenvalue weighted by Gasteiger charge is -2.34. The zero-order chi connectivity index (χ0) is 23.5. The molecule has 8 nitrogen and oxygen atoms in total. The summed E-state index contributed by atoms with van der Waals surface area (Å²) in [4.78, 5) is 3.48. The second-order valence-corrected chi connectivity index (χ2v) is 12.9. The first kappa shape index (κ1) is 28.0. The van der Waals surface area contributed by atoms with Gasteiger partial charge in [-0.25, -0.2) is 9.64 Å². The third kappa shape index (κ3) is 10.5. The Morgan fingerprint density at radius 1 is 0.848 bits per heavy atom. The molecule has 0 saturated heterocycles. The third-order valence-electron chi connectivity index (χ3n) is 7.18. The molecule has 3 fully saturated rings.